The average Bonchev–Trinajstić information content (AvgIpc) is 2.39. The Bertz CT molecular complexity index is 555. The second kappa shape index (κ2) is 5.85. The molecule has 2 rings (SSSR count). The Morgan fingerprint density at radius 2 is 1.84 bits per heavy atom. The molecule has 0 bridgehead atoms. The SMILES string of the molecule is COc1ccc(CN(C)c2ccc(Cl)cc2N)cc1. The molecule has 2 aromatic rings. The molecule has 2 aromatic carbocycles. The summed E-state index contributed by atoms with van der Waals surface area (Å²) in [4.78, 5) is 2.09. The highest BCUT2D eigenvalue weighted by atomic mass is 35.5. The van der Waals surface area contributed by atoms with E-state index in [9.17, 15) is 0 Å². The van der Waals surface area contributed by atoms with Crippen LogP contribution in [0.25, 0.3) is 0 Å². The molecule has 0 atom stereocenters. The van der Waals surface area contributed by atoms with Crippen LogP contribution in [0.2, 0.25) is 5.02 Å². The number of ether oxygens (including phenoxy) is 1. The van der Waals surface area contributed by atoms with Gasteiger partial charge in [-0.3, -0.25) is 0 Å². The number of nitrogens with zero attached hydrogens (tertiary/aromatic N) is 1. The van der Waals surface area contributed by atoms with Crippen molar-refractivity contribution in [3.63, 3.8) is 0 Å². The molecule has 0 unspecified atom stereocenters. The number of benzene rings is 2. The summed E-state index contributed by atoms with van der Waals surface area (Å²) in [6, 6.07) is 13.5. The van der Waals surface area contributed by atoms with Crippen LogP contribution in [0.5, 0.6) is 5.75 Å². The quantitative estimate of drug-likeness (QED) is 0.868. The Morgan fingerprint density at radius 3 is 2.42 bits per heavy atom. The van der Waals surface area contributed by atoms with Crippen molar-refractivity contribution < 1.29 is 4.74 Å². The standard InChI is InChI=1S/C15H17ClN2O/c1-18(15-8-5-12(16)9-14(15)17)10-11-3-6-13(19-2)7-4-11/h3-9H,10,17H2,1-2H3. The van der Waals surface area contributed by atoms with Gasteiger partial charge in [-0.1, -0.05) is 23.7 Å². The number of nitrogens with two attached hydrogens (primary N) is 1. The van der Waals surface area contributed by atoms with Crippen molar-refractivity contribution in [1.82, 2.24) is 0 Å². The molecule has 4 heteroatoms. The van der Waals surface area contributed by atoms with Crippen molar-refractivity contribution >= 4 is 23.0 Å². The van der Waals surface area contributed by atoms with E-state index in [1.807, 2.05) is 43.4 Å². The minimum atomic E-state index is 0.652. The lowest BCUT2D eigenvalue weighted by molar-refractivity contribution is 0.414. The van der Waals surface area contributed by atoms with Crippen LogP contribution in [-0.2, 0) is 6.54 Å². The molecule has 0 spiro atoms. The monoisotopic (exact) mass is 276 g/mol. The number of methoxy groups -OCH3 is 1. The zero-order valence-corrected chi connectivity index (χ0v) is 11.8. The average molecular weight is 277 g/mol. The lowest BCUT2D eigenvalue weighted by Crippen LogP contribution is -2.17. The van der Waals surface area contributed by atoms with Crippen molar-refractivity contribution in [1.29, 1.82) is 0 Å². The summed E-state index contributed by atoms with van der Waals surface area (Å²) in [5.74, 6) is 0.859. The Balaban J connectivity index is 2.13. The first-order chi connectivity index (χ1) is 9.10. The largest absolute Gasteiger partial charge is 0.497 e. The van der Waals surface area contributed by atoms with Gasteiger partial charge in [0.25, 0.3) is 0 Å². The van der Waals surface area contributed by atoms with Crippen molar-refractivity contribution in [3.05, 3.63) is 53.1 Å². The second-order valence-electron chi connectivity index (χ2n) is 4.41. The van der Waals surface area contributed by atoms with Gasteiger partial charge in [0.15, 0.2) is 0 Å². The maximum Gasteiger partial charge on any atom is 0.118 e. The summed E-state index contributed by atoms with van der Waals surface area (Å²) in [5.41, 5.74) is 8.82. The number of rotatable bonds is 4. The first-order valence-electron chi connectivity index (χ1n) is 5.99. The Morgan fingerprint density at radius 1 is 1.16 bits per heavy atom. The van der Waals surface area contributed by atoms with Crippen LogP contribution in [0.3, 0.4) is 0 Å². The third kappa shape index (κ3) is 3.32. The Kier molecular flexibility index (Phi) is 4.17. The van der Waals surface area contributed by atoms with Gasteiger partial charge in [-0.15, -0.1) is 0 Å². The van der Waals surface area contributed by atoms with Gasteiger partial charge >= 0.3 is 0 Å². The van der Waals surface area contributed by atoms with E-state index in [1.54, 1.807) is 13.2 Å². The Hall–Kier alpha value is -1.87. The fourth-order valence-electron chi connectivity index (χ4n) is 1.96. The Labute approximate surface area is 118 Å². The maximum absolute atomic E-state index is 5.98. The minimum absolute atomic E-state index is 0.652. The molecule has 0 aromatic heterocycles. The van der Waals surface area contributed by atoms with Crippen LogP contribution in [0.4, 0.5) is 11.4 Å². The molecule has 0 heterocycles. The number of halogens is 1. The van der Waals surface area contributed by atoms with E-state index in [1.165, 1.54) is 5.56 Å². The van der Waals surface area contributed by atoms with Gasteiger partial charge in [-0.25, -0.2) is 0 Å². The first-order valence-corrected chi connectivity index (χ1v) is 6.37. The van der Waals surface area contributed by atoms with Crippen molar-refractivity contribution in [2.45, 2.75) is 6.54 Å². The minimum Gasteiger partial charge on any atom is -0.497 e. The van der Waals surface area contributed by atoms with E-state index in [0.29, 0.717) is 10.7 Å². The van der Waals surface area contributed by atoms with E-state index >= 15 is 0 Å². The first kappa shape index (κ1) is 13.6. The van der Waals surface area contributed by atoms with Crippen molar-refractivity contribution in [3.8, 4) is 5.75 Å². The molecule has 0 saturated carbocycles. The van der Waals surface area contributed by atoms with Gasteiger partial charge in [-0.05, 0) is 35.9 Å². The topological polar surface area (TPSA) is 38.5 Å². The summed E-state index contributed by atoms with van der Waals surface area (Å²) in [6.07, 6.45) is 0. The molecule has 0 amide bonds. The van der Waals surface area contributed by atoms with Crippen LogP contribution in [0.1, 0.15) is 5.56 Å². The molecule has 0 saturated heterocycles. The van der Waals surface area contributed by atoms with Crippen LogP contribution in [0.15, 0.2) is 42.5 Å². The number of hydrogen-bond donors (Lipinski definition) is 1. The van der Waals surface area contributed by atoms with Gasteiger partial charge in [0, 0.05) is 18.6 Å². The predicted octanol–water partition coefficient (Wildman–Crippen LogP) is 3.57. The second-order valence-corrected chi connectivity index (χ2v) is 4.84. The normalized spacial score (nSPS) is 10.3. The molecule has 0 fully saturated rings. The van der Waals surface area contributed by atoms with Crippen LogP contribution < -0.4 is 15.4 Å². The van der Waals surface area contributed by atoms with Crippen molar-refractivity contribution in [2.24, 2.45) is 0 Å². The third-order valence-corrected chi connectivity index (χ3v) is 3.21. The molecule has 0 aliphatic carbocycles. The lowest BCUT2D eigenvalue weighted by Gasteiger charge is -2.21. The molecule has 2 N–H and O–H groups in total. The molecule has 0 radical (unpaired) electrons. The highest BCUT2D eigenvalue weighted by Crippen LogP contribution is 2.26. The number of anilines is 2. The number of nitrogen functional groups attached to an aromatic ring is 1. The summed E-state index contributed by atoms with van der Waals surface area (Å²) < 4.78 is 5.14. The smallest absolute Gasteiger partial charge is 0.118 e. The van der Waals surface area contributed by atoms with E-state index in [-0.39, 0.29) is 0 Å². The summed E-state index contributed by atoms with van der Waals surface area (Å²) in [7, 11) is 3.67. The van der Waals surface area contributed by atoms with E-state index in [4.69, 9.17) is 22.1 Å². The number of hydrogen-bond acceptors (Lipinski definition) is 3. The van der Waals surface area contributed by atoms with Gasteiger partial charge in [0.2, 0.25) is 0 Å². The van der Waals surface area contributed by atoms with Crippen LogP contribution in [-0.4, -0.2) is 14.2 Å². The summed E-state index contributed by atoms with van der Waals surface area (Å²) in [6.45, 7) is 0.774. The highest BCUT2D eigenvalue weighted by molar-refractivity contribution is 6.31. The van der Waals surface area contributed by atoms with Crippen LogP contribution >= 0.6 is 11.6 Å². The molecular weight excluding hydrogens is 260 g/mol. The van der Waals surface area contributed by atoms with Gasteiger partial charge < -0.3 is 15.4 Å². The van der Waals surface area contributed by atoms with E-state index in [2.05, 4.69) is 4.90 Å². The van der Waals surface area contributed by atoms with Gasteiger partial charge in [0.1, 0.15) is 5.75 Å². The maximum atomic E-state index is 5.98. The van der Waals surface area contributed by atoms with Crippen molar-refractivity contribution in [2.75, 3.05) is 24.8 Å². The molecular formula is C15H17ClN2O. The van der Waals surface area contributed by atoms with E-state index < -0.39 is 0 Å². The zero-order valence-electron chi connectivity index (χ0n) is 11.1. The molecule has 19 heavy (non-hydrogen) atoms. The zero-order chi connectivity index (χ0) is 13.8. The highest BCUT2D eigenvalue weighted by Gasteiger charge is 2.06. The van der Waals surface area contributed by atoms with Gasteiger partial charge in [-0.2, -0.15) is 0 Å². The van der Waals surface area contributed by atoms with Gasteiger partial charge in [0.05, 0.1) is 18.5 Å². The predicted molar refractivity (Wildman–Crippen MR) is 81.0 cm³/mol. The molecule has 100 valence electrons. The molecule has 0 aliphatic heterocycles. The fourth-order valence-corrected chi connectivity index (χ4v) is 2.14. The third-order valence-electron chi connectivity index (χ3n) is 2.98. The van der Waals surface area contributed by atoms with Crippen LogP contribution in [0, 0.1) is 0 Å². The fraction of sp³-hybridized carbons (Fsp3) is 0.200. The summed E-state index contributed by atoms with van der Waals surface area (Å²) in [5, 5.41) is 0.652. The molecule has 0 aliphatic rings. The summed E-state index contributed by atoms with van der Waals surface area (Å²) >= 11 is 5.90. The lowest BCUT2D eigenvalue weighted by atomic mass is 10.2. The molecule has 3 nitrogen and oxygen atoms in total. The van der Waals surface area contributed by atoms with E-state index in [0.717, 1.165) is 18.0 Å².